The first kappa shape index (κ1) is 13.9. The van der Waals surface area contributed by atoms with E-state index in [1.54, 1.807) is 0 Å². The Morgan fingerprint density at radius 2 is 1.79 bits per heavy atom. The number of hydrogen-bond acceptors (Lipinski definition) is 2. The van der Waals surface area contributed by atoms with Crippen LogP contribution in [0.4, 0.5) is 0 Å². The van der Waals surface area contributed by atoms with Gasteiger partial charge in [0.25, 0.3) is 0 Å². The van der Waals surface area contributed by atoms with E-state index < -0.39 is 0 Å². The minimum atomic E-state index is -0.189. The molecule has 0 radical (unpaired) electrons. The molecule has 1 unspecified atom stereocenters. The molecule has 0 aliphatic carbocycles. The molecular formula is C12H26O2. The van der Waals surface area contributed by atoms with Crippen molar-refractivity contribution >= 4 is 0 Å². The lowest BCUT2D eigenvalue weighted by Crippen LogP contribution is -2.15. The van der Waals surface area contributed by atoms with Gasteiger partial charge in [0.15, 0.2) is 0 Å². The molecule has 0 fully saturated rings. The third kappa shape index (κ3) is 10.0. The lowest BCUT2D eigenvalue weighted by molar-refractivity contribution is 0.0725. The van der Waals surface area contributed by atoms with Crippen LogP contribution in [0, 0.1) is 5.41 Å². The Morgan fingerprint density at radius 3 is 2.29 bits per heavy atom. The Bertz CT molecular complexity index is 127. The van der Waals surface area contributed by atoms with Gasteiger partial charge in [-0.25, -0.2) is 0 Å². The Labute approximate surface area is 88.7 Å². The molecule has 0 saturated heterocycles. The zero-order valence-electron chi connectivity index (χ0n) is 10.2. The maximum atomic E-state index is 9.63. The highest BCUT2D eigenvalue weighted by atomic mass is 16.5. The van der Waals surface area contributed by atoms with E-state index in [-0.39, 0.29) is 6.10 Å². The quantitative estimate of drug-likeness (QED) is 0.643. The molecule has 0 aromatic heterocycles. The summed E-state index contributed by atoms with van der Waals surface area (Å²) in [5, 5.41) is 9.63. The van der Waals surface area contributed by atoms with Gasteiger partial charge in [-0.3, -0.25) is 0 Å². The van der Waals surface area contributed by atoms with Crippen LogP contribution in [0.15, 0.2) is 0 Å². The Hall–Kier alpha value is -0.0800. The minimum Gasteiger partial charge on any atom is -0.393 e. The highest BCUT2D eigenvalue weighted by Gasteiger charge is 2.13. The van der Waals surface area contributed by atoms with Crippen LogP contribution in [-0.4, -0.2) is 24.4 Å². The van der Waals surface area contributed by atoms with Gasteiger partial charge < -0.3 is 9.84 Å². The van der Waals surface area contributed by atoms with Gasteiger partial charge in [-0.1, -0.05) is 27.7 Å². The van der Waals surface area contributed by atoms with Crippen molar-refractivity contribution in [3.05, 3.63) is 0 Å². The van der Waals surface area contributed by atoms with Gasteiger partial charge in [0.2, 0.25) is 0 Å². The first-order valence-corrected chi connectivity index (χ1v) is 5.71. The molecule has 0 aliphatic rings. The van der Waals surface area contributed by atoms with E-state index in [0.717, 1.165) is 32.3 Å². The zero-order chi connectivity index (χ0) is 11.0. The molecule has 0 spiro atoms. The molecule has 0 aliphatic heterocycles. The molecule has 0 rings (SSSR count). The summed E-state index contributed by atoms with van der Waals surface area (Å²) >= 11 is 0. The van der Waals surface area contributed by atoms with Crippen LogP contribution in [0.25, 0.3) is 0 Å². The average molecular weight is 202 g/mol. The maximum Gasteiger partial charge on any atom is 0.0562 e. The maximum absolute atomic E-state index is 9.63. The second kappa shape index (κ2) is 7.24. The lowest BCUT2D eigenvalue weighted by Gasteiger charge is -2.20. The lowest BCUT2D eigenvalue weighted by atomic mass is 9.89. The van der Waals surface area contributed by atoms with E-state index in [1.165, 1.54) is 0 Å². The third-order valence-corrected chi connectivity index (χ3v) is 2.17. The largest absolute Gasteiger partial charge is 0.393 e. The van der Waals surface area contributed by atoms with Crippen LogP contribution in [-0.2, 0) is 4.74 Å². The third-order valence-electron chi connectivity index (χ3n) is 2.17. The van der Waals surface area contributed by atoms with Crippen LogP contribution < -0.4 is 0 Å². The monoisotopic (exact) mass is 202 g/mol. The van der Waals surface area contributed by atoms with Gasteiger partial charge in [0, 0.05) is 13.2 Å². The second-order valence-electron chi connectivity index (χ2n) is 5.15. The molecule has 0 heterocycles. The molecule has 14 heavy (non-hydrogen) atoms. The van der Waals surface area contributed by atoms with Gasteiger partial charge in [0.1, 0.15) is 0 Å². The van der Waals surface area contributed by atoms with Gasteiger partial charge >= 0.3 is 0 Å². The van der Waals surface area contributed by atoms with E-state index in [4.69, 9.17) is 4.74 Å². The summed E-state index contributed by atoms with van der Waals surface area (Å²) in [7, 11) is 0. The summed E-state index contributed by atoms with van der Waals surface area (Å²) in [6.07, 6.45) is 3.60. The predicted octanol–water partition coefficient (Wildman–Crippen LogP) is 2.99. The normalized spacial score (nSPS) is 14.4. The van der Waals surface area contributed by atoms with E-state index in [9.17, 15) is 5.11 Å². The Kier molecular flexibility index (Phi) is 7.20. The minimum absolute atomic E-state index is 0.189. The fourth-order valence-corrected chi connectivity index (χ4v) is 1.21. The van der Waals surface area contributed by atoms with E-state index in [1.807, 2.05) is 0 Å². The molecule has 0 bridgehead atoms. The summed E-state index contributed by atoms with van der Waals surface area (Å²) in [5.74, 6) is 0. The average Bonchev–Trinajstić information content (AvgIpc) is 2.08. The number of ether oxygens (including phenoxy) is 1. The molecule has 0 aromatic rings. The highest BCUT2D eigenvalue weighted by molar-refractivity contribution is 4.65. The van der Waals surface area contributed by atoms with Crippen LogP contribution in [0.1, 0.15) is 53.4 Å². The van der Waals surface area contributed by atoms with Crippen molar-refractivity contribution in [1.29, 1.82) is 0 Å². The van der Waals surface area contributed by atoms with Crippen molar-refractivity contribution in [2.24, 2.45) is 5.41 Å². The summed E-state index contributed by atoms with van der Waals surface area (Å²) in [6.45, 7) is 10.2. The molecule has 0 amide bonds. The van der Waals surface area contributed by atoms with Gasteiger partial charge in [-0.2, -0.15) is 0 Å². The number of aliphatic hydroxyl groups excluding tert-OH is 1. The van der Waals surface area contributed by atoms with Crippen LogP contribution in [0.3, 0.4) is 0 Å². The molecule has 0 aromatic carbocycles. The van der Waals surface area contributed by atoms with E-state index >= 15 is 0 Å². The first-order chi connectivity index (χ1) is 6.45. The van der Waals surface area contributed by atoms with Crippen molar-refractivity contribution in [1.82, 2.24) is 0 Å². The van der Waals surface area contributed by atoms with E-state index in [0.29, 0.717) is 12.0 Å². The Balaban J connectivity index is 3.32. The SMILES string of the molecule is CCCOCCC(O)CCC(C)(C)C. The molecule has 1 N–H and O–H groups in total. The summed E-state index contributed by atoms with van der Waals surface area (Å²) in [5.41, 5.74) is 0.325. The predicted molar refractivity (Wildman–Crippen MR) is 60.4 cm³/mol. The number of rotatable bonds is 7. The number of aliphatic hydroxyl groups is 1. The smallest absolute Gasteiger partial charge is 0.0562 e. The van der Waals surface area contributed by atoms with Crippen LogP contribution in [0.5, 0.6) is 0 Å². The standard InChI is InChI=1S/C12H26O2/c1-5-9-14-10-7-11(13)6-8-12(2,3)4/h11,13H,5-10H2,1-4H3. The molecule has 2 nitrogen and oxygen atoms in total. The fraction of sp³-hybridized carbons (Fsp3) is 1.00. The molecular weight excluding hydrogens is 176 g/mol. The van der Waals surface area contributed by atoms with Crippen molar-refractivity contribution in [3.8, 4) is 0 Å². The van der Waals surface area contributed by atoms with Crippen molar-refractivity contribution in [2.45, 2.75) is 59.5 Å². The van der Waals surface area contributed by atoms with E-state index in [2.05, 4.69) is 27.7 Å². The zero-order valence-corrected chi connectivity index (χ0v) is 10.2. The van der Waals surface area contributed by atoms with Crippen LogP contribution >= 0.6 is 0 Å². The second-order valence-corrected chi connectivity index (χ2v) is 5.15. The van der Waals surface area contributed by atoms with Crippen molar-refractivity contribution in [2.75, 3.05) is 13.2 Å². The first-order valence-electron chi connectivity index (χ1n) is 5.71. The van der Waals surface area contributed by atoms with Crippen molar-refractivity contribution in [3.63, 3.8) is 0 Å². The van der Waals surface area contributed by atoms with Crippen LogP contribution in [0.2, 0.25) is 0 Å². The van der Waals surface area contributed by atoms with Gasteiger partial charge in [-0.05, 0) is 31.1 Å². The van der Waals surface area contributed by atoms with Gasteiger partial charge in [-0.15, -0.1) is 0 Å². The fourth-order valence-electron chi connectivity index (χ4n) is 1.21. The molecule has 0 saturated carbocycles. The summed E-state index contributed by atoms with van der Waals surface area (Å²) in [6, 6.07) is 0. The number of hydrogen-bond donors (Lipinski definition) is 1. The molecule has 1 atom stereocenters. The van der Waals surface area contributed by atoms with Crippen molar-refractivity contribution < 1.29 is 9.84 Å². The molecule has 2 heteroatoms. The highest BCUT2D eigenvalue weighted by Crippen LogP contribution is 2.22. The topological polar surface area (TPSA) is 29.5 Å². The molecule has 86 valence electrons. The Morgan fingerprint density at radius 1 is 1.14 bits per heavy atom. The summed E-state index contributed by atoms with van der Waals surface area (Å²) in [4.78, 5) is 0. The summed E-state index contributed by atoms with van der Waals surface area (Å²) < 4.78 is 5.33. The van der Waals surface area contributed by atoms with Gasteiger partial charge in [0.05, 0.1) is 6.10 Å².